The van der Waals surface area contributed by atoms with Gasteiger partial charge >= 0.3 is 0 Å². The number of fused-ring (bicyclic) bond motifs is 1. The van der Waals surface area contributed by atoms with E-state index in [1.807, 2.05) is 44.5 Å². The number of aromatic nitrogens is 1. The van der Waals surface area contributed by atoms with Gasteiger partial charge in [-0.3, -0.25) is 14.4 Å². The second-order valence-corrected chi connectivity index (χ2v) is 12.8. The lowest BCUT2D eigenvalue weighted by Crippen LogP contribution is -2.54. The van der Waals surface area contributed by atoms with Gasteiger partial charge in [-0.15, -0.1) is 11.3 Å². The predicted octanol–water partition coefficient (Wildman–Crippen LogP) is 5.39. The Bertz CT molecular complexity index is 1460. The number of rotatable bonds is 9. The Hall–Kier alpha value is -3.36. The van der Waals surface area contributed by atoms with Gasteiger partial charge in [-0.05, 0) is 59.6 Å². The van der Waals surface area contributed by atoms with Crippen LogP contribution in [0.2, 0.25) is 0 Å². The van der Waals surface area contributed by atoms with Crippen molar-refractivity contribution in [1.29, 1.82) is 0 Å². The van der Waals surface area contributed by atoms with E-state index >= 15 is 0 Å². The molecule has 1 saturated heterocycles. The summed E-state index contributed by atoms with van der Waals surface area (Å²) in [5.41, 5.74) is 7.86. The molecule has 3 aromatic rings. The van der Waals surface area contributed by atoms with Gasteiger partial charge in [0.05, 0.1) is 28.2 Å². The zero-order chi connectivity index (χ0) is 29.4. The van der Waals surface area contributed by atoms with E-state index in [9.17, 15) is 19.5 Å². The molecule has 0 aliphatic carbocycles. The molecule has 0 spiro atoms. The number of hydrogen-bond acceptors (Lipinski definition) is 6. The Morgan fingerprint density at radius 1 is 1.12 bits per heavy atom. The normalized spacial score (nSPS) is 19.4. The molecule has 1 unspecified atom stereocenters. The van der Waals surface area contributed by atoms with Crippen LogP contribution >= 0.6 is 11.3 Å². The molecule has 1 aromatic heterocycles. The average Bonchev–Trinajstić information content (AvgIpc) is 3.64. The Morgan fingerprint density at radius 3 is 2.54 bits per heavy atom. The maximum absolute atomic E-state index is 14.0. The average molecular weight is 574 g/mol. The summed E-state index contributed by atoms with van der Waals surface area (Å²) in [5, 5.41) is 10.6. The van der Waals surface area contributed by atoms with Crippen LogP contribution in [0.4, 0.5) is 0 Å². The first-order valence-corrected chi connectivity index (χ1v) is 15.4. The van der Waals surface area contributed by atoms with E-state index in [1.165, 1.54) is 10.5 Å². The third-order valence-electron chi connectivity index (χ3n) is 8.42. The van der Waals surface area contributed by atoms with Crippen molar-refractivity contribution >= 4 is 28.9 Å². The Labute approximate surface area is 246 Å². The van der Waals surface area contributed by atoms with E-state index in [-0.39, 0.29) is 48.8 Å². The fourth-order valence-corrected chi connectivity index (χ4v) is 7.12. The van der Waals surface area contributed by atoms with Gasteiger partial charge in [0, 0.05) is 31.5 Å². The maximum Gasteiger partial charge on any atom is 0.255 e. The Kier molecular flexibility index (Phi) is 8.43. The minimum absolute atomic E-state index is 0.0504. The van der Waals surface area contributed by atoms with Crippen molar-refractivity contribution in [1.82, 2.24) is 14.8 Å². The Morgan fingerprint density at radius 2 is 1.88 bits per heavy atom. The number of aryl methyl sites for hydroxylation is 2. The van der Waals surface area contributed by atoms with Gasteiger partial charge in [0.1, 0.15) is 6.04 Å². The number of benzene rings is 2. The molecule has 1 fully saturated rings. The van der Waals surface area contributed by atoms with Gasteiger partial charge in [-0.2, -0.15) is 0 Å². The first kappa shape index (κ1) is 29.1. The van der Waals surface area contributed by atoms with Crippen molar-refractivity contribution in [3.05, 3.63) is 75.9 Å². The molecule has 1 N–H and O–H groups in total. The zero-order valence-electron chi connectivity index (χ0n) is 24.5. The van der Waals surface area contributed by atoms with Crippen LogP contribution in [0, 0.1) is 12.8 Å². The fourth-order valence-electron chi connectivity index (χ4n) is 6.32. The lowest BCUT2D eigenvalue weighted by Gasteiger charge is -2.35. The molecule has 3 atom stereocenters. The molecule has 0 radical (unpaired) electrons. The third-order valence-corrected chi connectivity index (χ3v) is 9.40. The van der Waals surface area contributed by atoms with Gasteiger partial charge in [-0.25, -0.2) is 4.98 Å². The van der Waals surface area contributed by atoms with Crippen LogP contribution in [0.3, 0.4) is 0 Å². The van der Waals surface area contributed by atoms with Crippen LogP contribution in [0.25, 0.3) is 10.4 Å². The number of ketones is 1. The minimum atomic E-state index is -0.764. The standard InChI is InChI=1S/C33H39N3O4S/c1-19(2)27-14-23(31-21(5)34-18-41-31)11-10-22(27)12-13-29(38)28-15-25(37)17-35(28)33(40)30(20(3)4)36-16-24-8-6-7-9-26(24)32(36)39/h6-11,14,18-20,25,28,30,37H,12-13,15-17H2,1-5H3/t25-,28?,30+/m1/s1. The lowest BCUT2D eigenvalue weighted by atomic mass is 9.90. The summed E-state index contributed by atoms with van der Waals surface area (Å²) < 4.78 is 0. The summed E-state index contributed by atoms with van der Waals surface area (Å²) in [6.07, 6.45) is 0.307. The van der Waals surface area contributed by atoms with Crippen molar-refractivity contribution in [3.63, 3.8) is 0 Å². The number of Topliss-reactive ketones (excluding diaryl/α,β-unsaturated/α-hetero) is 1. The van der Waals surface area contributed by atoms with Gasteiger partial charge in [-0.1, -0.05) is 58.0 Å². The van der Waals surface area contributed by atoms with Crippen LogP contribution < -0.4 is 0 Å². The SMILES string of the molecule is Cc1ncsc1-c1ccc(CCC(=O)C2C[C@@H](O)CN2C(=O)[C@H](C(C)C)N2Cc3ccccc3C2=O)c(C(C)C)c1. The third kappa shape index (κ3) is 5.72. The number of aliphatic hydroxyl groups excluding tert-OH is 1. The molecule has 216 valence electrons. The number of β-amino-alcohol motifs (C(OH)–C–C–N with tert-alkyl or cyclic N) is 1. The number of aliphatic hydroxyl groups is 1. The van der Waals surface area contributed by atoms with Crippen LogP contribution in [-0.4, -0.2) is 62.2 Å². The fraction of sp³-hybridized carbons (Fsp3) is 0.455. The molecule has 2 aliphatic heterocycles. The van der Waals surface area contributed by atoms with E-state index < -0.39 is 18.2 Å². The largest absolute Gasteiger partial charge is 0.391 e. The van der Waals surface area contributed by atoms with E-state index in [1.54, 1.807) is 22.3 Å². The summed E-state index contributed by atoms with van der Waals surface area (Å²) in [6, 6.07) is 12.4. The Balaban J connectivity index is 1.32. The predicted molar refractivity (Wildman–Crippen MR) is 161 cm³/mol. The number of amides is 2. The van der Waals surface area contributed by atoms with Crippen molar-refractivity contribution in [2.75, 3.05) is 6.54 Å². The molecule has 3 heterocycles. The summed E-state index contributed by atoms with van der Waals surface area (Å²) in [4.78, 5) is 49.6. The van der Waals surface area contributed by atoms with Crippen molar-refractivity contribution in [2.24, 2.45) is 5.92 Å². The van der Waals surface area contributed by atoms with Gasteiger partial charge < -0.3 is 14.9 Å². The topological polar surface area (TPSA) is 90.8 Å². The molecule has 2 aliphatic rings. The van der Waals surface area contributed by atoms with Gasteiger partial charge in [0.2, 0.25) is 5.91 Å². The van der Waals surface area contributed by atoms with Crippen LogP contribution in [-0.2, 0) is 22.6 Å². The molecule has 7 nitrogen and oxygen atoms in total. The summed E-state index contributed by atoms with van der Waals surface area (Å²) in [7, 11) is 0. The molecule has 2 aromatic carbocycles. The molecule has 41 heavy (non-hydrogen) atoms. The molecular formula is C33H39N3O4S. The molecular weight excluding hydrogens is 534 g/mol. The van der Waals surface area contributed by atoms with Crippen molar-refractivity contribution in [3.8, 4) is 10.4 Å². The summed E-state index contributed by atoms with van der Waals surface area (Å²) >= 11 is 1.63. The molecule has 8 heteroatoms. The quantitative estimate of drug-likeness (QED) is 0.371. The van der Waals surface area contributed by atoms with Crippen LogP contribution in [0.5, 0.6) is 0 Å². The van der Waals surface area contributed by atoms with Crippen molar-refractivity contribution in [2.45, 2.75) is 84.5 Å². The highest BCUT2D eigenvalue weighted by molar-refractivity contribution is 7.13. The van der Waals surface area contributed by atoms with Crippen LogP contribution in [0.1, 0.15) is 79.2 Å². The first-order valence-electron chi connectivity index (χ1n) is 14.5. The maximum atomic E-state index is 14.0. The van der Waals surface area contributed by atoms with Gasteiger partial charge in [0.15, 0.2) is 5.78 Å². The molecule has 2 amide bonds. The second-order valence-electron chi connectivity index (χ2n) is 12.0. The lowest BCUT2D eigenvalue weighted by molar-refractivity contribution is -0.142. The van der Waals surface area contributed by atoms with E-state index in [2.05, 4.69) is 37.0 Å². The smallest absolute Gasteiger partial charge is 0.255 e. The zero-order valence-corrected chi connectivity index (χ0v) is 25.3. The molecule has 0 bridgehead atoms. The molecule has 0 saturated carbocycles. The number of nitrogens with zero attached hydrogens (tertiary/aromatic N) is 3. The number of likely N-dealkylation sites (tertiary alicyclic amines) is 1. The van der Waals surface area contributed by atoms with E-state index in [0.29, 0.717) is 18.5 Å². The summed E-state index contributed by atoms with van der Waals surface area (Å²) in [6.45, 7) is 10.6. The number of hydrogen-bond donors (Lipinski definition) is 1. The monoisotopic (exact) mass is 573 g/mol. The van der Waals surface area contributed by atoms with Crippen molar-refractivity contribution < 1.29 is 19.5 Å². The summed E-state index contributed by atoms with van der Waals surface area (Å²) in [5.74, 6) is -0.334. The number of carbonyl (C=O) groups excluding carboxylic acids is 3. The molecule has 5 rings (SSSR count). The minimum Gasteiger partial charge on any atom is -0.391 e. The first-order chi connectivity index (χ1) is 19.6. The van der Waals surface area contributed by atoms with Crippen LogP contribution in [0.15, 0.2) is 48.0 Å². The van der Waals surface area contributed by atoms with E-state index in [4.69, 9.17) is 0 Å². The second kappa shape index (κ2) is 11.9. The highest BCUT2D eigenvalue weighted by Gasteiger charge is 2.45. The van der Waals surface area contributed by atoms with E-state index in [0.717, 1.165) is 27.3 Å². The number of thiazole rings is 1. The highest BCUT2D eigenvalue weighted by atomic mass is 32.1. The highest BCUT2D eigenvalue weighted by Crippen LogP contribution is 2.33. The van der Waals surface area contributed by atoms with Gasteiger partial charge in [0.25, 0.3) is 5.91 Å². The number of carbonyl (C=O) groups is 3.